The van der Waals surface area contributed by atoms with Crippen LogP contribution in [0.3, 0.4) is 0 Å². The summed E-state index contributed by atoms with van der Waals surface area (Å²) in [6.07, 6.45) is 0.411. The zero-order valence-electron chi connectivity index (χ0n) is 15.0. The second-order valence-electron chi connectivity index (χ2n) is 6.42. The number of nitrogens with zero attached hydrogens (tertiary/aromatic N) is 1. The van der Waals surface area contributed by atoms with Crippen molar-refractivity contribution < 1.29 is 19.4 Å². The molecule has 1 heterocycles. The number of rotatable bonds is 4. The average molecular weight is 353 g/mol. The number of carbonyl (C=O) groups is 2. The largest absolute Gasteiger partial charge is 0.467 e. The number of hydrogen-bond acceptors (Lipinski definition) is 4. The molecule has 0 unspecified atom stereocenters. The third kappa shape index (κ3) is 3.35. The molecule has 2 aromatic carbocycles. The van der Waals surface area contributed by atoms with Crippen molar-refractivity contribution in [2.24, 2.45) is 0 Å². The highest BCUT2D eigenvalue weighted by Gasteiger charge is 2.42. The maximum atomic E-state index is 13.1. The van der Waals surface area contributed by atoms with Crippen LogP contribution in [0.15, 0.2) is 48.5 Å². The van der Waals surface area contributed by atoms with Crippen molar-refractivity contribution in [2.75, 3.05) is 13.7 Å². The van der Waals surface area contributed by atoms with Crippen molar-refractivity contribution in [1.82, 2.24) is 4.90 Å². The van der Waals surface area contributed by atoms with Gasteiger partial charge >= 0.3 is 5.97 Å². The molecule has 1 saturated heterocycles. The van der Waals surface area contributed by atoms with Crippen molar-refractivity contribution in [3.8, 4) is 11.1 Å². The van der Waals surface area contributed by atoms with Crippen molar-refractivity contribution in [3.05, 3.63) is 59.7 Å². The van der Waals surface area contributed by atoms with Gasteiger partial charge in [-0.25, -0.2) is 4.79 Å². The molecule has 0 bridgehead atoms. The van der Waals surface area contributed by atoms with Gasteiger partial charge in [0, 0.05) is 12.1 Å². The molecule has 0 radical (unpaired) electrons. The highest BCUT2D eigenvalue weighted by molar-refractivity contribution is 6.02. The molecule has 1 aliphatic heterocycles. The Morgan fingerprint density at radius 2 is 1.85 bits per heavy atom. The minimum atomic E-state index is -0.956. The molecule has 3 rings (SSSR count). The first kappa shape index (κ1) is 18.1. The molecule has 136 valence electrons. The van der Waals surface area contributed by atoms with Gasteiger partial charge in [0.1, 0.15) is 0 Å². The van der Waals surface area contributed by atoms with Crippen LogP contribution in [0.1, 0.15) is 29.3 Å². The summed E-state index contributed by atoms with van der Waals surface area (Å²) >= 11 is 0. The lowest BCUT2D eigenvalue weighted by Gasteiger charge is -2.25. The van der Waals surface area contributed by atoms with E-state index in [1.165, 1.54) is 17.6 Å². The Hall–Kier alpha value is -2.66. The molecular weight excluding hydrogens is 330 g/mol. The average Bonchev–Trinajstić information content (AvgIpc) is 3.08. The van der Waals surface area contributed by atoms with Gasteiger partial charge in [-0.2, -0.15) is 0 Å². The fraction of sp³-hybridized carbons (Fsp3) is 0.333. The molecule has 2 atom stereocenters. The number of aryl methyl sites for hydroxylation is 1. The van der Waals surface area contributed by atoms with Crippen molar-refractivity contribution >= 4 is 11.9 Å². The molecule has 0 spiro atoms. The summed E-state index contributed by atoms with van der Waals surface area (Å²) in [5.74, 6) is -0.861. The first-order valence-electron chi connectivity index (χ1n) is 8.82. The molecule has 5 nitrogen and oxygen atoms in total. The molecule has 0 saturated carbocycles. The molecule has 0 aliphatic carbocycles. The second kappa shape index (κ2) is 7.70. The number of hydrogen-bond donors (Lipinski definition) is 1. The number of aliphatic hydroxyl groups excluding tert-OH is 1. The fourth-order valence-corrected chi connectivity index (χ4v) is 3.41. The summed E-state index contributed by atoms with van der Waals surface area (Å²) in [6.45, 7) is 2.42. The Labute approximate surface area is 153 Å². The van der Waals surface area contributed by atoms with Crippen LogP contribution in [0.2, 0.25) is 0 Å². The van der Waals surface area contributed by atoms with Crippen LogP contribution in [0.25, 0.3) is 11.1 Å². The highest BCUT2D eigenvalue weighted by Crippen LogP contribution is 2.28. The van der Waals surface area contributed by atoms with E-state index in [0.717, 1.165) is 17.5 Å². The van der Waals surface area contributed by atoms with E-state index in [-0.39, 0.29) is 5.91 Å². The summed E-state index contributed by atoms with van der Waals surface area (Å²) in [7, 11) is 1.26. The van der Waals surface area contributed by atoms with E-state index >= 15 is 0 Å². The maximum absolute atomic E-state index is 13.1. The number of amides is 1. The SMILES string of the molecule is CCc1ccc(-c2ccccc2C(=O)N2CC[C@H](O)[C@H]2C(=O)OC)cc1. The van der Waals surface area contributed by atoms with Crippen LogP contribution in [-0.4, -0.2) is 47.7 Å². The van der Waals surface area contributed by atoms with E-state index < -0.39 is 18.1 Å². The van der Waals surface area contributed by atoms with Crippen LogP contribution < -0.4 is 0 Å². The van der Waals surface area contributed by atoms with Crippen LogP contribution in [-0.2, 0) is 16.0 Å². The van der Waals surface area contributed by atoms with E-state index in [1.54, 1.807) is 12.1 Å². The van der Waals surface area contributed by atoms with Crippen LogP contribution in [0.5, 0.6) is 0 Å². The number of aliphatic hydroxyl groups is 1. The highest BCUT2D eigenvalue weighted by atomic mass is 16.5. The molecule has 26 heavy (non-hydrogen) atoms. The van der Waals surface area contributed by atoms with E-state index in [9.17, 15) is 14.7 Å². The van der Waals surface area contributed by atoms with Gasteiger partial charge in [-0.3, -0.25) is 4.79 Å². The van der Waals surface area contributed by atoms with Crippen LogP contribution in [0, 0.1) is 0 Å². The summed E-state index contributed by atoms with van der Waals surface area (Å²) in [6, 6.07) is 14.5. The number of benzene rings is 2. The Morgan fingerprint density at radius 3 is 2.50 bits per heavy atom. The Bertz CT molecular complexity index is 800. The smallest absolute Gasteiger partial charge is 0.331 e. The summed E-state index contributed by atoms with van der Waals surface area (Å²) < 4.78 is 4.77. The van der Waals surface area contributed by atoms with Gasteiger partial charge in [0.2, 0.25) is 0 Å². The van der Waals surface area contributed by atoms with E-state index in [0.29, 0.717) is 18.5 Å². The third-order valence-corrected chi connectivity index (χ3v) is 4.90. The minimum absolute atomic E-state index is 0.271. The van der Waals surface area contributed by atoms with Crippen LogP contribution in [0.4, 0.5) is 0 Å². The van der Waals surface area contributed by atoms with Gasteiger partial charge in [0.15, 0.2) is 6.04 Å². The maximum Gasteiger partial charge on any atom is 0.331 e. The van der Waals surface area contributed by atoms with Gasteiger partial charge in [0.05, 0.1) is 13.2 Å². The van der Waals surface area contributed by atoms with Gasteiger partial charge in [-0.15, -0.1) is 0 Å². The fourth-order valence-electron chi connectivity index (χ4n) is 3.41. The van der Waals surface area contributed by atoms with Crippen LogP contribution >= 0.6 is 0 Å². The molecular formula is C21H23NO4. The number of likely N-dealkylation sites (tertiary alicyclic amines) is 1. The molecule has 1 N–H and O–H groups in total. The normalized spacial score (nSPS) is 19.4. The lowest BCUT2D eigenvalue weighted by atomic mass is 9.97. The van der Waals surface area contributed by atoms with Gasteiger partial charge in [-0.1, -0.05) is 49.4 Å². The Morgan fingerprint density at radius 1 is 1.15 bits per heavy atom. The predicted molar refractivity (Wildman–Crippen MR) is 98.7 cm³/mol. The zero-order chi connectivity index (χ0) is 18.7. The Balaban J connectivity index is 1.96. The number of esters is 1. The standard InChI is InChI=1S/C21H23NO4/c1-3-14-8-10-15(11-9-14)16-6-4-5-7-17(16)20(24)22-13-12-18(23)19(22)21(25)26-2/h4-11,18-19,23H,3,12-13H2,1-2H3/t18-,19-/m0/s1. The minimum Gasteiger partial charge on any atom is -0.467 e. The number of carbonyl (C=O) groups excluding carboxylic acids is 2. The summed E-state index contributed by atoms with van der Waals surface area (Å²) in [4.78, 5) is 26.6. The quantitative estimate of drug-likeness (QED) is 0.858. The summed E-state index contributed by atoms with van der Waals surface area (Å²) in [5, 5.41) is 10.1. The topological polar surface area (TPSA) is 66.8 Å². The molecule has 5 heteroatoms. The van der Waals surface area contributed by atoms with E-state index in [1.807, 2.05) is 36.4 Å². The number of methoxy groups -OCH3 is 1. The number of ether oxygens (including phenoxy) is 1. The second-order valence-corrected chi connectivity index (χ2v) is 6.42. The van der Waals surface area contributed by atoms with Gasteiger partial charge < -0.3 is 14.7 Å². The van der Waals surface area contributed by atoms with Gasteiger partial charge in [-0.05, 0) is 35.6 Å². The molecule has 1 fully saturated rings. The molecule has 2 aromatic rings. The first-order chi connectivity index (χ1) is 12.6. The monoisotopic (exact) mass is 353 g/mol. The van der Waals surface area contributed by atoms with E-state index in [2.05, 4.69) is 6.92 Å². The third-order valence-electron chi connectivity index (χ3n) is 4.90. The van der Waals surface area contributed by atoms with Crippen molar-refractivity contribution in [1.29, 1.82) is 0 Å². The first-order valence-corrected chi connectivity index (χ1v) is 8.82. The van der Waals surface area contributed by atoms with Gasteiger partial charge in [0.25, 0.3) is 5.91 Å². The Kier molecular flexibility index (Phi) is 5.38. The lowest BCUT2D eigenvalue weighted by Crippen LogP contribution is -2.45. The molecule has 1 amide bonds. The van der Waals surface area contributed by atoms with Crippen molar-refractivity contribution in [3.63, 3.8) is 0 Å². The van der Waals surface area contributed by atoms with E-state index in [4.69, 9.17) is 4.74 Å². The zero-order valence-corrected chi connectivity index (χ0v) is 15.0. The lowest BCUT2D eigenvalue weighted by molar-refractivity contribution is -0.147. The summed E-state index contributed by atoms with van der Waals surface area (Å²) in [5.41, 5.74) is 3.50. The molecule has 0 aromatic heterocycles. The van der Waals surface area contributed by atoms with Crippen molar-refractivity contribution in [2.45, 2.75) is 31.9 Å². The molecule has 1 aliphatic rings. The predicted octanol–water partition coefficient (Wildman–Crippen LogP) is 2.66.